The largest absolute Gasteiger partial charge is 0.438 e. The number of hydrogen-bond donors (Lipinski definition) is 0. The number of carbonyl (C=O) groups is 1. The Morgan fingerprint density at radius 1 is 1.62 bits per heavy atom. The first-order chi connectivity index (χ1) is 6.31. The van der Waals surface area contributed by atoms with Gasteiger partial charge >= 0.3 is 0 Å². The van der Waals surface area contributed by atoms with Crippen LogP contribution in [0, 0.1) is 0 Å². The van der Waals surface area contributed by atoms with E-state index in [-0.39, 0.29) is 0 Å². The lowest BCUT2D eigenvalue weighted by Crippen LogP contribution is -2.25. The summed E-state index contributed by atoms with van der Waals surface area (Å²) in [4.78, 5) is 12.6. The summed E-state index contributed by atoms with van der Waals surface area (Å²) in [5, 5.41) is 0. The molecule has 0 N–H and O–H groups in total. The van der Waals surface area contributed by atoms with Gasteiger partial charge in [-0.3, -0.25) is 4.79 Å². The quantitative estimate of drug-likeness (QED) is 0.652. The van der Waals surface area contributed by atoms with Crippen LogP contribution in [-0.2, 0) is 0 Å². The maximum Gasteiger partial charge on any atom is 0.196 e. The van der Waals surface area contributed by atoms with Crippen molar-refractivity contribution >= 4 is 12.2 Å². The summed E-state index contributed by atoms with van der Waals surface area (Å²) >= 11 is 0. The predicted octanol–water partition coefficient (Wildman–Crippen LogP) is 2.08. The van der Waals surface area contributed by atoms with E-state index in [0.29, 0.717) is 11.8 Å². The number of hydrogen-bond acceptors (Lipinski definition) is 3. The summed E-state index contributed by atoms with van der Waals surface area (Å²) in [5.74, 6) is 1.24. The third-order valence-electron chi connectivity index (χ3n) is 2.56. The first kappa shape index (κ1) is 8.35. The van der Waals surface area contributed by atoms with Crippen molar-refractivity contribution in [1.82, 2.24) is 0 Å². The zero-order valence-corrected chi connectivity index (χ0v) is 7.69. The van der Waals surface area contributed by atoms with E-state index in [4.69, 9.17) is 4.42 Å². The molecule has 3 heteroatoms. The van der Waals surface area contributed by atoms with Gasteiger partial charge < -0.3 is 9.32 Å². The molecule has 3 nitrogen and oxygen atoms in total. The van der Waals surface area contributed by atoms with Crippen LogP contribution >= 0.6 is 0 Å². The lowest BCUT2D eigenvalue weighted by Gasteiger charge is -2.19. The van der Waals surface area contributed by atoms with Gasteiger partial charge in [0.1, 0.15) is 0 Å². The first-order valence-corrected chi connectivity index (χ1v) is 4.63. The highest BCUT2D eigenvalue weighted by Crippen LogP contribution is 2.26. The van der Waals surface area contributed by atoms with Crippen molar-refractivity contribution in [2.75, 3.05) is 11.4 Å². The number of furan rings is 1. The minimum Gasteiger partial charge on any atom is -0.438 e. The Morgan fingerprint density at radius 2 is 2.46 bits per heavy atom. The van der Waals surface area contributed by atoms with E-state index in [1.54, 1.807) is 6.07 Å². The van der Waals surface area contributed by atoms with Crippen LogP contribution in [0.15, 0.2) is 16.5 Å². The molecule has 2 heterocycles. The zero-order valence-electron chi connectivity index (χ0n) is 7.69. The highest BCUT2D eigenvalue weighted by molar-refractivity contribution is 5.71. The summed E-state index contributed by atoms with van der Waals surface area (Å²) in [6, 6.07) is 4.12. The fourth-order valence-electron chi connectivity index (χ4n) is 1.82. The van der Waals surface area contributed by atoms with Gasteiger partial charge in [0, 0.05) is 18.7 Å². The normalized spacial score (nSPS) is 22.2. The van der Waals surface area contributed by atoms with Gasteiger partial charge in [-0.1, -0.05) is 0 Å². The van der Waals surface area contributed by atoms with E-state index in [2.05, 4.69) is 11.8 Å². The molecule has 1 unspecified atom stereocenters. The van der Waals surface area contributed by atoms with Crippen LogP contribution in [0.25, 0.3) is 0 Å². The van der Waals surface area contributed by atoms with Gasteiger partial charge in [0.15, 0.2) is 17.9 Å². The van der Waals surface area contributed by atoms with E-state index >= 15 is 0 Å². The van der Waals surface area contributed by atoms with Gasteiger partial charge in [-0.05, 0) is 25.8 Å². The average molecular weight is 179 g/mol. The maximum atomic E-state index is 10.4. The van der Waals surface area contributed by atoms with E-state index in [0.717, 1.165) is 18.7 Å². The highest BCUT2D eigenvalue weighted by Gasteiger charge is 2.22. The second-order valence-corrected chi connectivity index (χ2v) is 3.48. The maximum absolute atomic E-state index is 10.4. The Kier molecular flexibility index (Phi) is 2.08. The Labute approximate surface area is 77.3 Å². The van der Waals surface area contributed by atoms with Crippen LogP contribution in [0.2, 0.25) is 0 Å². The van der Waals surface area contributed by atoms with Crippen LogP contribution in [0.5, 0.6) is 0 Å². The highest BCUT2D eigenvalue weighted by atomic mass is 16.4. The minimum atomic E-state index is 0.411. The fraction of sp³-hybridized carbons (Fsp3) is 0.500. The van der Waals surface area contributed by atoms with E-state index in [9.17, 15) is 4.79 Å². The molecule has 70 valence electrons. The van der Waals surface area contributed by atoms with Crippen molar-refractivity contribution < 1.29 is 9.21 Å². The van der Waals surface area contributed by atoms with E-state index in [1.807, 2.05) is 6.07 Å². The van der Waals surface area contributed by atoms with Gasteiger partial charge in [0.05, 0.1) is 0 Å². The number of anilines is 1. The second-order valence-electron chi connectivity index (χ2n) is 3.48. The first-order valence-electron chi connectivity index (χ1n) is 4.63. The van der Waals surface area contributed by atoms with E-state index in [1.165, 1.54) is 12.8 Å². The van der Waals surface area contributed by atoms with Crippen molar-refractivity contribution in [3.05, 3.63) is 17.9 Å². The molecule has 0 amide bonds. The van der Waals surface area contributed by atoms with Crippen LogP contribution in [0.4, 0.5) is 5.88 Å². The van der Waals surface area contributed by atoms with E-state index < -0.39 is 0 Å². The Balaban J connectivity index is 2.19. The summed E-state index contributed by atoms with van der Waals surface area (Å²) in [6.07, 6.45) is 3.15. The molecule has 1 aliphatic heterocycles. The summed E-state index contributed by atoms with van der Waals surface area (Å²) in [7, 11) is 0. The number of carbonyl (C=O) groups excluding carboxylic acids is 1. The molecule has 0 aliphatic carbocycles. The molecule has 0 spiro atoms. The molecule has 0 aromatic carbocycles. The molecule has 13 heavy (non-hydrogen) atoms. The smallest absolute Gasteiger partial charge is 0.196 e. The van der Waals surface area contributed by atoms with Crippen molar-refractivity contribution in [1.29, 1.82) is 0 Å². The third-order valence-corrected chi connectivity index (χ3v) is 2.56. The van der Waals surface area contributed by atoms with Gasteiger partial charge in [-0.15, -0.1) is 0 Å². The second kappa shape index (κ2) is 3.24. The third kappa shape index (κ3) is 1.46. The number of nitrogens with zero attached hydrogens (tertiary/aromatic N) is 1. The van der Waals surface area contributed by atoms with Crippen LogP contribution in [0.1, 0.15) is 30.3 Å². The van der Waals surface area contributed by atoms with Gasteiger partial charge in [0.2, 0.25) is 0 Å². The monoisotopic (exact) mass is 179 g/mol. The van der Waals surface area contributed by atoms with Gasteiger partial charge in [0.25, 0.3) is 0 Å². The van der Waals surface area contributed by atoms with Gasteiger partial charge in [-0.2, -0.15) is 0 Å². The fourth-order valence-corrected chi connectivity index (χ4v) is 1.82. The molecule has 2 rings (SSSR count). The molecule has 1 atom stereocenters. The SMILES string of the molecule is CC1CCCN1c1ccc(C=O)o1. The molecule has 1 saturated heterocycles. The van der Waals surface area contributed by atoms with Crippen LogP contribution in [-0.4, -0.2) is 18.9 Å². The standard InChI is InChI=1S/C10H13NO2/c1-8-3-2-6-11(8)10-5-4-9(7-12)13-10/h4-5,7-8H,2-3,6H2,1H3. The molecule has 0 bridgehead atoms. The number of rotatable bonds is 2. The summed E-state index contributed by atoms with van der Waals surface area (Å²) in [5.41, 5.74) is 0. The Morgan fingerprint density at radius 3 is 3.00 bits per heavy atom. The van der Waals surface area contributed by atoms with Gasteiger partial charge in [-0.25, -0.2) is 0 Å². The molecule has 1 aromatic rings. The lowest BCUT2D eigenvalue weighted by molar-refractivity contribution is 0.110. The lowest BCUT2D eigenvalue weighted by atomic mass is 10.2. The van der Waals surface area contributed by atoms with Crippen LogP contribution in [0.3, 0.4) is 0 Å². The summed E-state index contributed by atoms with van der Waals surface area (Å²) in [6.45, 7) is 3.21. The number of aldehydes is 1. The molecule has 0 saturated carbocycles. The molecular weight excluding hydrogens is 166 g/mol. The minimum absolute atomic E-state index is 0.411. The average Bonchev–Trinajstić information content (AvgIpc) is 2.71. The van der Waals surface area contributed by atoms with Crippen molar-refractivity contribution in [2.45, 2.75) is 25.8 Å². The molecule has 1 aliphatic rings. The van der Waals surface area contributed by atoms with Crippen LogP contribution < -0.4 is 4.90 Å². The molecule has 0 radical (unpaired) electrons. The molecule has 1 fully saturated rings. The Hall–Kier alpha value is -1.25. The van der Waals surface area contributed by atoms with Crippen molar-refractivity contribution in [2.24, 2.45) is 0 Å². The topological polar surface area (TPSA) is 33.5 Å². The molecular formula is C10H13NO2. The molecule has 1 aromatic heterocycles. The predicted molar refractivity (Wildman–Crippen MR) is 50.1 cm³/mol. The van der Waals surface area contributed by atoms with Crippen molar-refractivity contribution in [3.8, 4) is 0 Å². The summed E-state index contributed by atoms with van der Waals surface area (Å²) < 4.78 is 5.35. The van der Waals surface area contributed by atoms with Crippen molar-refractivity contribution in [3.63, 3.8) is 0 Å². The Bertz CT molecular complexity index is 306. The zero-order chi connectivity index (χ0) is 9.26.